The summed E-state index contributed by atoms with van der Waals surface area (Å²) in [7, 11) is 0. The number of nitrogens with zero attached hydrogens (tertiary/aromatic N) is 2. The number of carbonyl (C=O) groups excluding carboxylic acids is 2. The lowest BCUT2D eigenvalue weighted by atomic mass is 10.2. The van der Waals surface area contributed by atoms with Gasteiger partial charge < -0.3 is 29.7 Å². The van der Waals surface area contributed by atoms with Crippen molar-refractivity contribution >= 4 is 17.6 Å². The molecule has 1 atom stereocenters. The Balaban J connectivity index is 1.25. The van der Waals surface area contributed by atoms with Crippen molar-refractivity contribution in [2.45, 2.75) is 12.5 Å². The maximum atomic E-state index is 12.4. The number of rotatable bonds is 5. The highest BCUT2D eigenvalue weighted by Gasteiger charge is 2.32. The number of benzene rings is 1. The number of morpholine rings is 1. The molecule has 3 heterocycles. The third-order valence-corrected chi connectivity index (χ3v) is 5.11. The maximum Gasteiger partial charge on any atom is 0.315 e. The molecule has 3 aliphatic rings. The van der Waals surface area contributed by atoms with Crippen LogP contribution in [0.15, 0.2) is 18.2 Å². The molecule has 28 heavy (non-hydrogen) atoms. The lowest BCUT2D eigenvalue weighted by Gasteiger charge is -2.26. The molecule has 152 valence electrons. The van der Waals surface area contributed by atoms with Gasteiger partial charge in [-0.15, -0.1) is 0 Å². The third kappa shape index (κ3) is 4.48. The predicted octanol–water partition coefficient (Wildman–Crippen LogP) is 0.195. The monoisotopic (exact) mass is 390 g/mol. The number of urea groups is 1. The molecule has 1 unspecified atom stereocenters. The van der Waals surface area contributed by atoms with Crippen LogP contribution in [-0.2, 0) is 9.53 Å². The van der Waals surface area contributed by atoms with Crippen LogP contribution in [0.3, 0.4) is 0 Å². The molecule has 2 saturated heterocycles. The summed E-state index contributed by atoms with van der Waals surface area (Å²) < 4.78 is 16.4. The quantitative estimate of drug-likeness (QED) is 0.746. The molecule has 4 rings (SSSR count). The minimum atomic E-state index is -0.241. The minimum absolute atomic E-state index is 0.0182. The molecule has 0 aliphatic carbocycles. The number of ether oxygens (including phenoxy) is 3. The molecule has 3 aliphatic heterocycles. The van der Waals surface area contributed by atoms with E-state index in [9.17, 15) is 9.59 Å². The van der Waals surface area contributed by atoms with Crippen molar-refractivity contribution in [2.75, 3.05) is 64.1 Å². The van der Waals surface area contributed by atoms with Crippen molar-refractivity contribution in [3.8, 4) is 11.5 Å². The SMILES string of the molecule is O=C(NCCN1CCOCC1)NC1CC(=O)N(c2ccc3c(c2)OCCO3)C1. The number of carbonyl (C=O) groups is 2. The van der Waals surface area contributed by atoms with Gasteiger partial charge >= 0.3 is 6.03 Å². The van der Waals surface area contributed by atoms with Crippen molar-refractivity contribution in [2.24, 2.45) is 0 Å². The van der Waals surface area contributed by atoms with E-state index in [1.54, 1.807) is 4.90 Å². The molecular formula is C19H26N4O5. The molecule has 0 spiro atoms. The van der Waals surface area contributed by atoms with Gasteiger partial charge in [-0.25, -0.2) is 4.79 Å². The Morgan fingerprint density at radius 3 is 2.71 bits per heavy atom. The Bertz CT molecular complexity index is 722. The highest BCUT2D eigenvalue weighted by Crippen LogP contribution is 2.35. The smallest absolute Gasteiger partial charge is 0.315 e. The summed E-state index contributed by atoms with van der Waals surface area (Å²) in [6.07, 6.45) is 0.283. The van der Waals surface area contributed by atoms with E-state index in [0.717, 1.165) is 38.5 Å². The molecule has 2 N–H and O–H groups in total. The predicted molar refractivity (Wildman–Crippen MR) is 102 cm³/mol. The second-order valence-electron chi connectivity index (χ2n) is 7.09. The molecule has 0 saturated carbocycles. The molecule has 0 bridgehead atoms. The number of anilines is 1. The fourth-order valence-electron chi connectivity index (χ4n) is 3.64. The van der Waals surface area contributed by atoms with E-state index in [2.05, 4.69) is 15.5 Å². The molecule has 9 nitrogen and oxygen atoms in total. The van der Waals surface area contributed by atoms with E-state index in [1.165, 1.54) is 0 Å². The lowest BCUT2D eigenvalue weighted by molar-refractivity contribution is -0.117. The van der Waals surface area contributed by atoms with Gasteiger partial charge in [-0.3, -0.25) is 9.69 Å². The first-order valence-corrected chi connectivity index (χ1v) is 9.73. The standard InChI is InChI=1S/C19H26N4O5/c24-18-11-14(21-19(25)20-3-4-22-5-7-26-8-6-22)13-23(18)15-1-2-16-17(12-15)28-10-9-27-16/h1-2,12,14H,3-11,13H2,(H2,20,21,25). The van der Waals surface area contributed by atoms with Gasteiger partial charge in [-0.1, -0.05) is 0 Å². The summed E-state index contributed by atoms with van der Waals surface area (Å²) in [5.41, 5.74) is 0.756. The van der Waals surface area contributed by atoms with Gasteiger partial charge in [-0.05, 0) is 12.1 Å². The summed E-state index contributed by atoms with van der Waals surface area (Å²) in [6, 6.07) is 5.02. The van der Waals surface area contributed by atoms with E-state index < -0.39 is 0 Å². The van der Waals surface area contributed by atoms with Crippen LogP contribution in [0.2, 0.25) is 0 Å². The Morgan fingerprint density at radius 1 is 1.11 bits per heavy atom. The Labute approximate surface area is 163 Å². The number of hydrogen-bond donors (Lipinski definition) is 2. The first kappa shape index (κ1) is 18.8. The van der Waals surface area contributed by atoms with Gasteiger partial charge in [0.25, 0.3) is 0 Å². The second kappa shape index (κ2) is 8.66. The average Bonchev–Trinajstić information content (AvgIpc) is 3.08. The Hall–Kier alpha value is -2.52. The van der Waals surface area contributed by atoms with Gasteiger partial charge in [0.2, 0.25) is 5.91 Å². The van der Waals surface area contributed by atoms with Crippen LogP contribution in [0.4, 0.5) is 10.5 Å². The van der Waals surface area contributed by atoms with Crippen molar-refractivity contribution in [1.82, 2.24) is 15.5 Å². The molecule has 3 amide bonds. The first-order valence-electron chi connectivity index (χ1n) is 9.73. The topological polar surface area (TPSA) is 92.4 Å². The lowest BCUT2D eigenvalue weighted by Crippen LogP contribution is -2.46. The molecule has 0 radical (unpaired) electrons. The van der Waals surface area contributed by atoms with E-state index in [4.69, 9.17) is 14.2 Å². The number of hydrogen-bond acceptors (Lipinski definition) is 6. The van der Waals surface area contributed by atoms with Crippen LogP contribution in [0.1, 0.15) is 6.42 Å². The van der Waals surface area contributed by atoms with E-state index in [0.29, 0.717) is 37.8 Å². The van der Waals surface area contributed by atoms with Crippen molar-refractivity contribution in [3.05, 3.63) is 18.2 Å². The zero-order valence-electron chi connectivity index (χ0n) is 15.8. The molecule has 0 aromatic heterocycles. The second-order valence-corrected chi connectivity index (χ2v) is 7.09. The fourth-order valence-corrected chi connectivity index (χ4v) is 3.64. The van der Waals surface area contributed by atoms with Crippen LogP contribution < -0.4 is 25.0 Å². The van der Waals surface area contributed by atoms with Gasteiger partial charge in [0, 0.05) is 50.9 Å². The van der Waals surface area contributed by atoms with Crippen molar-refractivity contribution in [3.63, 3.8) is 0 Å². The molecule has 9 heteroatoms. The summed E-state index contributed by atoms with van der Waals surface area (Å²) in [4.78, 5) is 28.5. The number of fused-ring (bicyclic) bond motifs is 1. The average molecular weight is 390 g/mol. The summed E-state index contributed by atoms with van der Waals surface area (Å²) in [6.45, 7) is 6.10. The zero-order chi connectivity index (χ0) is 19.3. The fraction of sp³-hybridized carbons (Fsp3) is 0.579. The minimum Gasteiger partial charge on any atom is -0.486 e. The molecule has 1 aromatic rings. The first-order chi connectivity index (χ1) is 13.7. The Morgan fingerprint density at radius 2 is 1.89 bits per heavy atom. The van der Waals surface area contributed by atoms with Gasteiger partial charge in [-0.2, -0.15) is 0 Å². The highest BCUT2D eigenvalue weighted by molar-refractivity contribution is 5.97. The van der Waals surface area contributed by atoms with Crippen LogP contribution in [0.25, 0.3) is 0 Å². The summed E-state index contributed by atoms with van der Waals surface area (Å²) >= 11 is 0. The summed E-state index contributed by atoms with van der Waals surface area (Å²) in [5.74, 6) is 1.32. The van der Waals surface area contributed by atoms with E-state index >= 15 is 0 Å². The van der Waals surface area contributed by atoms with Crippen LogP contribution in [0.5, 0.6) is 11.5 Å². The highest BCUT2D eigenvalue weighted by atomic mass is 16.6. The summed E-state index contributed by atoms with van der Waals surface area (Å²) in [5, 5.41) is 5.77. The van der Waals surface area contributed by atoms with Gasteiger partial charge in [0.05, 0.1) is 19.3 Å². The van der Waals surface area contributed by atoms with Crippen LogP contribution in [0, 0.1) is 0 Å². The van der Waals surface area contributed by atoms with Crippen LogP contribution in [-0.4, -0.2) is 82.0 Å². The van der Waals surface area contributed by atoms with Gasteiger partial charge in [0.15, 0.2) is 11.5 Å². The van der Waals surface area contributed by atoms with Gasteiger partial charge in [0.1, 0.15) is 13.2 Å². The largest absolute Gasteiger partial charge is 0.486 e. The van der Waals surface area contributed by atoms with E-state index in [-0.39, 0.29) is 24.4 Å². The number of amides is 3. The maximum absolute atomic E-state index is 12.4. The molecule has 1 aromatic carbocycles. The molecular weight excluding hydrogens is 364 g/mol. The third-order valence-electron chi connectivity index (χ3n) is 5.11. The zero-order valence-corrected chi connectivity index (χ0v) is 15.8. The number of nitrogens with one attached hydrogen (secondary N) is 2. The molecule has 2 fully saturated rings. The Kier molecular flexibility index (Phi) is 5.82. The van der Waals surface area contributed by atoms with Crippen molar-refractivity contribution < 1.29 is 23.8 Å². The van der Waals surface area contributed by atoms with Crippen molar-refractivity contribution in [1.29, 1.82) is 0 Å². The normalized spacial score (nSPS) is 22.2. The van der Waals surface area contributed by atoms with E-state index in [1.807, 2.05) is 18.2 Å². The van der Waals surface area contributed by atoms with Crippen LogP contribution >= 0.6 is 0 Å².